The highest BCUT2D eigenvalue weighted by Crippen LogP contribution is 2.45. The van der Waals surface area contributed by atoms with Crippen molar-refractivity contribution in [3.8, 4) is 22.5 Å². The summed E-state index contributed by atoms with van der Waals surface area (Å²) >= 11 is 0. The first-order valence-corrected chi connectivity index (χ1v) is 16.2. The van der Waals surface area contributed by atoms with Gasteiger partial charge in [0, 0.05) is 23.2 Å². The van der Waals surface area contributed by atoms with Crippen molar-refractivity contribution in [2.45, 2.75) is 71.6 Å². The minimum absolute atomic E-state index is 0.00317. The molecule has 3 aromatic carbocycles. The number of hydrogen-bond donors (Lipinski definition) is 0. The SMILES string of the molecule is CC(C)c1cc(-c2cn3c(-c4ccc5c(cnn5COC(=O)c5ccc(C(=O)OC(C)(C)C)cc5)c4F)c(C4CC4)nc3cn2)ccc1F. The molecule has 0 bridgehead atoms. The highest BCUT2D eigenvalue weighted by atomic mass is 19.1. The molecule has 7 rings (SSSR count). The standard InChI is InChI=1S/C38H35F2N5O4/c1-21(2)27-16-25(12-14-29(27)39)30-19-44-32(18-41-30)43-34(22-6-7-22)35(44)26-13-15-31-28(33(26)40)17-42-45(31)20-48-36(46)23-8-10-24(11-9-23)37(47)49-38(3,4)5/h8-19,21-22H,6-7,20H2,1-5H3. The summed E-state index contributed by atoms with van der Waals surface area (Å²) in [6, 6.07) is 14.4. The largest absolute Gasteiger partial charge is 0.456 e. The molecule has 0 amide bonds. The van der Waals surface area contributed by atoms with Crippen LogP contribution in [0.4, 0.5) is 8.78 Å². The number of imidazole rings is 1. The second kappa shape index (κ2) is 12.2. The summed E-state index contributed by atoms with van der Waals surface area (Å²) < 4.78 is 45.0. The number of halogens is 2. The smallest absolute Gasteiger partial charge is 0.339 e. The van der Waals surface area contributed by atoms with Crippen LogP contribution in [0.15, 0.2) is 73.2 Å². The van der Waals surface area contributed by atoms with Crippen molar-refractivity contribution in [3.63, 3.8) is 0 Å². The quantitative estimate of drug-likeness (QED) is 0.151. The number of fused-ring (bicyclic) bond motifs is 2. The minimum atomic E-state index is -0.641. The fourth-order valence-electron chi connectivity index (χ4n) is 5.87. The molecule has 1 aliphatic rings. The summed E-state index contributed by atoms with van der Waals surface area (Å²) in [4.78, 5) is 34.6. The Bertz CT molecular complexity index is 2250. The van der Waals surface area contributed by atoms with E-state index in [1.165, 1.54) is 41.2 Å². The van der Waals surface area contributed by atoms with E-state index >= 15 is 4.39 Å². The van der Waals surface area contributed by atoms with Crippen LogP contribution < -0.4 is 0 Å². The lowest BCUT2D eigenvalue weighted by molar-refractivity contribution is 0.00686. The molecule has 9 nitrogen and oxygen atoms in total. The summed E-state index contributed by atoms with van der Waals surface area (Å²) in [6.07, 6.45) is 6.83. The van der Waals surface area contributed by atoms with Gasteiger partial charge in [-0.05, 0) is 99.7 Å². The molecule has 1 aliphatic carbocycles. The lowest BCUT2D eigenvalue weighted by atomic mass is 9.99. The topological polar surface area (TPSA) is 101 Å². The number of hydrogen-bond acceptors (Lipinski definition) is 7. The Hall–Kier alpha value is -5.45. The molecule has 11 heteroatoms. The average molecular weight is 664 g/mol. The third-order valence-corrected chi connectivity index (χ3v) is 8.50. The van der Waals surface area contributed by atoms with Gasteiger partial charge in [-0.3, -0.25) is 9.38 Å². The van der Waals surface area contributed by atoms with Crippen LogP contribution in [0.1, 0.15) is 91.3 Å². The molecule has 0 aliphatic heterocycles. The van der Waals surface area contributed by atoms with Crippen LogP contribution in [0.25, 0.3) is 39.1 Å². The number of carbonyl (C=O) groups is 2. The third-order valence-electron chi connectivity index (χ3n) is 8.50. The van der Waals surface area contributed by atoms with Gasteiger partial charge in [0.1, 0.15) is 17.2 Å². The third kappa shape index (κ3) is 6.28. The van der Waals surface area contributed by atoms with Crippen molar-refractivity contribution >= 4 is 28.5 Å². The van der Waals surface area contributed by atoms with Gasteiger partial charge in [-0.25, -0.2) is 28.0 Å². The van der Waals surface area contributed by atoms with Gasteiger partial charge in [-0.2, -0.15) is 5.10 Å². The fraction of sp³-hybridized carbons (Fsp3) is 0.289. The van der Waals surface area contributed by atoms with Gasteiger partial charge in [-0.15, -0.1) is 0 Å². The Labute approximate surface area is 281 Å². The molecule has 0 radical (unpaired) electrons. The molecule has 3 heterocycles. The highest BCUT2D eigenvalue weighted by molar-refractivity contribution is 5.93. The Morgan fingerprint density at radius 2 is 1.67 bits per heavy atom. The molecule has 0 spiro atoms. The highest BCUT2D eigenvalue weighted by Gasteiger charge is 2.32. The number of benzene rings is 3. The number of carbonyl (C=O) groups excluding carboxylic acids is 2. The van der Waals surface area contributed by atoms with Crippen LogP contribution in [0.3, 0.4) is 0 Å². The minimum Gasteiger partial charge on any atom is -0.456 e. The Morgan fingerprint density at radius 3 is 2.35 bits per heavy atom. The van der Waals surface area contributed by atoms with Crippen LogP contribution in [-0.4, -0.2) is 41.7 Å². The maximum absolute atomic E-state index is 16.4. The summed E-state index contributed by atoms with van der Waals surface area (Å²) in [5.74, 6) is -1.64. The molecule has 6 aromatic rings. The summed E-state index contributed by atoms with van der Waals surface area (Å²) in [5, 5.41) is 4.57. The van der Waals surface area contributed by atoms with Gasteiger partial charge in [0.2, 0.25) is 0 Å². The van der Waals surface area contributed by atoms with E-state index in [0.29, 0.717) is 39.2 Å². The van der Waals surface area contributed by atoms with E-state index in [1.807, 2.05) is 24.4 Å². The van der Waals surface area contributed by atoms with Crippen molar-refractivity contribution in [3.05, 3.63) is 107 Å². The number of aromatic nitrogens is 5. The van der Waals surface area contributed by atoms with Crippen molar-refractivity contribution in [2.24, 2.45) is 0 Å². The summed E-state index contributed by atoms with van der Waals surface area (Å²) in [6.45, 7) is 8.96. The van der Waals surface area contributed by atoms with Crippen LogP contribution in [-0.2, 0) is 16.2 Å². The Kier molecular flexibility index (Phi) is 8.01. The van der Waals surface area contributed by atoms with Gasteiger partial charge in [0.15, 0.2) is 12.4 Å². The van der Waals surface area contributed by atoms with Gasteiger partial charge < -0.3 is 9.47 Å². The molecule has 1 saturated carbocycles. The van der Waals surface area contributed by atoms with Crippen LogP contribution >= 0.6 is 0 Å². The maximum atomic E-state index is 16.4. The Morgan fingerprint density at radius 1 is 0.959 bits per heavy atom. The summed E-state index contributed by atoms with van der Waals surface area (Å²) in [7, 11) is 0. The van der Waals surface area contributed by atoms with Gasteiger partial charge >= 0.3 is 11.9 Å². The monoisotopic (exact) mass is 663 g/mol. The van der Waals surface area contributed by atoms with Crippen LogP contribution in [0.2, 0.25) is 0 Å². The van der Waals surface area contributed by atoms with E-state index < -0.39 is 23.4 Å². The molecular weight excluding hydrogens is 628 g/mol. The number of rotatable bonds is 8. The number of nitrogens with zero attached hydrogens (tertiary/aromatic N) is 5. The first kappa shape index (κ1) is 32.1. The first-order valence-electron chi connectivity index (χ1n) is 16.2. The molecule has 1 fully saturated rings. The summed E-state index contributed by atoms with van der Waals surface area (Å²) in [5.41, 5.74) is 4.73. The van der Waals surface area contributed by atoms with Gasteiger partial charge in [0.05, 0.1) is 51.5 Å². The molecule has 0 saturated heterocycles. The Balaban J connectivity index is 1.17. The second-order valence-corrected chi connectivity index (χ2v) is 13.7. The van der Waals surface area contributed by atoms with E-state index in [2.05, 4.69) is 10.1 Å². The van der Waals surface area contributed by atoms with E-state index in [4.69, 9.17) is 14.5 Å². The van der Waals surface area contributed by atoms with E-state index in [0.717, 1.165) is 24.1 Å². The molecular formula is C38H35F2N5O4. The molecule has 0 atom stereocenters. The predicted molar refractivity (Wildman–Crippen MR) is 180 cm³/mol. The van der Waals surface area contributed by atoms with Crippen LogP contribution in [0, 0.1) is 11.6 Å². The second-order valence-electron chi connectivity index (χ2n) is 13.7. The van der Waals surface area contributed by atoms with Crippen molar-refractivity contribution in [1.29, 1.82) is 0 Å². The van der Waals surface area contributed by atoms with E-state index in [9.17, 15) is 14.0 Å². The maximum Gasteiger partial charge on any atom is 0.339 e. The average Bonchev–Trinajstić information content (AvgIpc) is 3.72. The van der Waals surface area contributed by atoms with Crippen LogP contribution in [0.5, 0.6) is 0 Å². The number of esters is 2. The molecule has 250 valence electrons. The predicted octanol–water partition coefficient (Wildman–Crippen LogP) is 8.46. The van der Waals surface area contributed by atoms with Gasteiger partial charge in [-0.1, -0.05) is 13.8 Å². The fourth-order valence-corrected chi connectivity index (χ4v) is 5.87. The van der Waals surface area contributed by atoms with Crippen molar-refractivity contribution < 1.29 is 27.8 Å². The molecule has 0 N–H and O–H groups in total. The molecule has 49 heavy (non-hydrogen) atoms. The van der Waals surface area contributed by atoms with E-state index in [-0.39, 0.29) is 35.3 Å². The lowest BCUT2D eigenvalue weighted by Crippen LogP contribution is -2.23. The van der Waals surface area contributed by atoms with Crippen molar-refractivity contribution in [2.75, 3.05) is 0 Å². The number of ether oxygens (including phenoxy) is 2. The zero-order valence-electron chi connectivity index (χ0n) is 27.8. The zero-order valence-corrected chi connectivity index (χ0v) is 27.8. The molecule has 3 aromatic heterocycles. The van der Waals surface area contributed by atoms with E-state index in [1.54, 1.807) is 51.2 Å². The lowest BCUT2D eigenvalue weighted by Gasteiger charge is -2.19. The first-order chi connectivity index (χ1) is 23.4. The molecule has 0 unspecified atom stereocenters. The normalized spacial score (nSPS) is 13.4. The van der Waals surface area contributed by atoms with Crippen molar-refractivity contribution in [1.82, 2.24) is 24.1 Å². The van der Waals surface area contributed by atoms with Gasteiger partial charge in [0.25, 0.3) is 0 Å². The zero-order chi connectivity index (χ0) is 34.6.